The number of nitrogens with two attached hydrogens (primary N) is 2. The van der Waals surface area contributed by atoms with Crippen molar-refractivity contribution < 1.29 is 29.1 Å². The molecule has 11 heteroatoms. The number of hydrogen-bond donors (Lipinski definition) is 6. The smallest absolute Gasteiger partial charge is 0.325 e. The minimum atomic E-state index is -1.29. The average Bonchev–Trinajstić information content (AvgIpc) is 2.50. The molecule has 26 heavy (non-hydrogen) atoms. The lowest BCUT2D eigenvalue weighted by Crippen LogP contribution is -2.54. The molecule has 148 valence electrons. The van der Waals surface area contributed by atoms with Crippen LogP contribution in [0.1, 0.15) is 33.6 Å². The molecule has 0 aliphatic carbocycles. The first-order valence-corrected chi connectivity index (χ1v) is 8.08. The molecule has 0 bridgehead atoms. The van der Waals surface area contributed by atoms with Gasteiger partial charge in [-0.25, -0.2) is 0 Å². The van der Waals surface area contributed by atoms with E-state index in [1.165, 1.54) is 6.92 Å². The van der Waals surface area contributed by atoms with Crippen molar-refractivity contribution >= 4 is 29.6 Å². The maximum Gasteiger partial charge on any atom is 0.325 e. The topological polar surface area (TPSA) is 194 Å². The Labute approximate surface area is 151 Å². The summed E-state index contributed by atoms with van der Waals surface area (Å²) in [5, 5.41) is 15.4. The quantitative estimate of drug-likeness (QED) is 0.229. The van der Waals surface area contributed by atoms with Gasteiger partial charge in [0, 0.05) is 0 Å². The number of amides is 4. The zero-order valence-corrected chi connectivity index (χ0v) is 15.1. The molecular formula is C15H27N5O6. The second-order valence-electron chi connectivity index (χ2n) is 6.31. The molecule has 3 atom stereocenters. The summed E-state index contributed by atoms with van der Waals surface area (Å²) in [7, 11) is 0. The van der Waals surface area contributed by atoms with E-state index >= 15 is 0 Å². The van der Waals surface area contributed by atoms with E-state index in [1.54, 1.807) is 0 Å². The van der Waals surface area contributed by atoms with Crippen LogP contribution >= 0.6 is 0 Å². The van der Waals surface area contributed by atoms with Gasteiger partial charge < -0.3 is 32.5 Å². The molecule has 0 unspecified atom stereocenters. The molecule has 0 aromatic heterocycles. The van der Waals surface area contributed by atoms with Gasteiger partial charge in [0.15, 0.2) is 0 Å². The number of carbonyl (C=O) groups excluding carboxylic acids is 4. The van der Waals surface area contributed by atoms with E-state index in [4.69, 9.17) is 16.6 Å². The Morgan fingerprint density at radius 2 is 1.58 bits per heavy atom. The van der Waals surface area contributed by atoms with E-state index < -0.39 is 60.7 Å². The maximum atomic E-state index is 12.1. The van der Waals surface area contributed by atoms with Crippen molar-refractivity contribution in [2.45, 2.75) is 51.7 Å². The van der Waals surface area contributed by atoms with Gasteiger partial charge in [0.05, 0.1) is 19.0 Å². The molecular weight excluding hydrogens is 346 g/mol. The lowest BCUT2D eigenvalue weighted by atomic mass is 10.0. The Morgan fingerprint density at radius 1 is 1.00 bits per heavy atom. The van der Waals surface area contributed by atoms with E-state index in [1.807, 2.05) is 13.8 Å². The Balaban J connectivity index is 4.74. The summed E-state index contributed by atoms with van der Waals surface area (Å²) < 4.78 is 0. The molecule has 4 amide bonds. The van der Waals surface area contributed by atoms with Crippen molar-refractivity contribution in [3.05, 3.63) is 0 Å². The van der Waals surface area contributed by atoms with Crippen molar-refractivity contribution in [2.24, 2.45) is 17.4 Å². The van der Waals surface area contributed by atoms with Crippen LogP contribution in [0.3, 0.4) is 0 Å². The number of aliphatic carboxylic acids is 1. The van der Waals surface area contributed by atoms with Gasteiger partial charge in [0.2, 0.25) is 23.6 Å². The number of carbonyl (C=O) groups is 5. The number of hydrogen-bond acceptors (Lipinski definition) is 6. The molecule has 0 saturated carbocycles. The van der Waals surface area contributed by atoms with Crippen LogP contribution < -0.4 is 27.4 Å². The third-order valence-corrected chi connectivity index (χ3v) is 3.27. The zero-order chi connectivity index (χ0) is 20.4. The van der Waals surface area contributed by atoms with Gasteiger partial charge in [-0.3, -0.25) is 24.0 Å². The molecule has 0 radical (unpaired) electrons. The first-order valence-electron chi connectivity index (χ1n) is 8.08. The minimum absolute atomic E-state index is 0.152. The van der Waals surface area contributed by atoms with Crippen molar-refractivity contribution in [2.75, 3.05) is 6.54 Å². The van der Waals surface area contributed by atoms with Gasteiger partial charge in [0.1, 0.15) is 12.1 Å². The lowest BCUT2D eigenvalue weighted by Gasteiger charge is -2.20. The molecule has 0 aliphatic rings. The van der Waals surface area contributed by atoms with E-state index in [0.717, 1.165) is 0 Å². The van der Waals surface area contributed by atoms with E-state index in [2.05, 4.69) is 16.0 Å². The van der Waals surface area contributed by atoms with Crippen LogP contribution in [0.5, 0.6) is 0 Å². The third kappa shape index (κ3) is 9.57. The molecule has 0 spiro atoms. The fourth-order valence-electron chi connectivity index (χ4n) is 1.95. The van der Waals surface area contributed by atoms with Crippen molar-refractivity contribution in [3.63, 3.8) is 0 Å². The number of carboxylic acids is 1. The Bertz CT molecular complexity index is 551. The molecule has 0 saturated heterocycles. The van der Waals surface area contributed by atoms with Crippen LogP contribution in [0.4, 0.5) is 0 Å². The van der Waals surface area contributed by atoms with Crippen LogP contribution in [0.2, 0.25) is 0 Å². The Morgan fingerprint density at radius 3 is 2.04 bits per heavy atom. The summed E-state index contributed by atoms with van der Waals surface area (Å²) in [5.41, 5.74) is 10.8. The average molecular weight is 373 g/mol. The molecule has 0 heterocycles. The first kappa shape index (κ1) is 23.3. The highest BCUT2D eigenvalue weighted by atomic mass is 16.4. The number of primary amides is 1. The number of carboxylic acid groups (broad SMARTS) is 1. The third-order valence-electron chi connectivity index (χ3n) is 3.27. The van der Waals surface area contributed by atoms with Crippen LogP contribution in [0, 0.1) is 5.92 Å². The summed E-state index contributed by atoms with van der Waals surface area (Å²) in [6.45, 7) is 4.48. The van der Waals surface area contributed by atoms with Crippen LogP contribution in [-0.2, 0) is 24.0 Å². The second-order valence-corrected chi connectivity index (χ2v) is 6.31. The molecule has 0 aromatic rings. The van der Waals surface area contributed by atoms with E-state index in [9.17, 15) is 24.0 Å². The van der Waals surface area contributed by atoms with Gasteiger partial charge >= 0.3 is 5.97 Å². The fraction of sp³-hybridized carbons (Fsp3) is 0.667. The van der Waals surface area contributed by atoms with Gasteiger partial charge in [-0.15, -0.1) is 0 Å². The highest BCUT2D eigenvalue weighted by Crippen LogP contribution is 2.03. The lowest BCUT2D eigenvalue weighted by molar-refractivity contribution is -0.141. The monoisotopic (exact) mass is 373 g/mol. The molecule has 0 aliphatic heterocycles. The molecule has 0 rings (SSSR count). The van der Waals surface area contributed by atoms with Gasteiger partial charge in [-0.2, -0.15) is 0 Å². The predicted octanol–water partition coefficient (Wildman–Crippen LogP) is -2.57. The fourth-order valence-corrected chi connectivity index (χ4v) is 1.95. The molecule has 8 N–H and O–H groups in total. The van der Waals surface area contributed by atoms with Crippen LogP contribution in [0.25, 0.3) is 0 Å². The second kappa shape index (κ2) is 11.0. The summed E-state index contributed by atoms with van der Waals surface area (Å²) in [5.74, 6) is -4.08. The largest absolute Gasteiger partial charge is 0.480 e. The van der Waals surface area contributed by atoms with Gasteiger partial charge in [0.25, 0.3) is 0 Å². The summed E-state index contributed by atoms with van der Waals surface area (Å²) in [6.07, 6.45) is -0.0919. The van der Waals surface area contributed by atoms with Crippen LogP contribution in [0.15, 0.2) is 0 Å². The van der Waals surface area contributed by atoms with Gasteiger partial charge in [-0.05, 0) is 19.3 Å². The summed E-state index contributed by atoms with van der Waals surface area (Å²) >= 11 is 0. The summed E-state index contributed by atoms with van der Waals surface area (Å²) in [6, 6.07) is -3.28. The maximum absolute atomic E-state index is 12.1. The van der Waals surface area contributed by atoms with E-state index in [0.29, 0.717) is 6.42 Å². The van der Waals surface area contributed by atoms with Crippen LogP contribution in [-0.4, -0.2) is 59.4 Å². The number of rotatable bonds is 11. The summed E-state index contributed by atoms with van der Waals surface area (Å²) in [4.78, 5) is 57.5. The minimum Gasteiger partial charge on any atom is -0.480 e. The first-order chi connectivity index (χ1) is 11.9. The standard InChI is InChI=1S/C15H27N5O6/c1-7(2)4-9(16)13(23)20-10(5-11(17)21)14(24)18-6-12(22)19-8(3)15(25)26/h7-10H,4-6,16H2,1-3H3,(H2,17,21)(H,18,24)(H,19,22)(H,20,23)(H,25,26)/t8-,9-,10-/m0/s1. The number of nitrogens with one attached hydrogen (secondary N) is 3. The normalized spacial score (nSPS) is 14.0. The highest BCUT2D eigenvalue weighted by molar-refractivity contribution is 5.94. The molecule has 0 aromatic carbocycles. The van der Waals surface area contributed by atoms with Crippen molar-refractivity contribution in [1.82, 2.24) is 16.0 Å². The molecule has 11 nitrogen and oxygen atoms in total. The van der Waals surface area contributed by atoms with Gasteiger partial charge in [-0.1, -0.05) is 13.8 Å². The Hall–Kier alpha value is -2.69. The molecule has 0 fully saturated rings. The van der Waals surface area contributed by atoms with E-state index in [-0.39, 0.29) is 5.92 Å². The Kier molecular flexibility index (Phi) is 9.89. The highest BCUT2D eigenvalue weighted by Gasteiger charge is 2.26. The SMILES string of the molecule is CC(C)C[C@H](N)C(=O)N[C@@H](CC(N)=O)C(=O)NCC(=O)N[C@@H](C)C(=O)O. The van der Waals surface area contributed by atoms with Crippen molar-refractivity contribution in [1.29, 1.82) is 0 Å². The van der Waals surface area contributed by atoms with Crippen molar-refractivity contribution in [3.8, 4) is 0 Å². The zero-order valence-electron chi connectivity index (χ0n) is 15.1. The predicted molar refractivity (Wildman–Crippen MR) is 91.4 cm³/mol.